The molecule has 0 aromatic carbocycles. The molecule has 4 nitrogen and oxygen atoms in total. The van der Waals surface area contributed by atoms with Gasteiger partial charge in [-0.1, -0.05) is 0 Å². The van der Waals surface area contributed by atoms with Crippen LogP contribution in [-0.4, -0.2) is 19.0 Å². The normalized spacial score (nSPS) is 12.6. The number of nitrogens with two attached hydrogens (primary N) is 1. The fraction of sp³-hybridized carbons (Fsp3) is 0.667. The highest BCUT2D eigenvalue weighted by Crippen LogP contribution is 1.85. The van der Waals surface area contributed by atoms with Gasteiger partial charge < -0.3 is 11.1 Å². The van der Waals surface area contributed by atoms with E-state index in [1.807, 2.05) is 13.0 Å². The predicted molar refractivity (Wildman–Crippen MR) is 55.8 cm³/mol. The van der Waals surface area contributed by atoms with Crippen LogP contribution < -0.4 is 11.1 Å². The topological polar surface area (TPSA) is 74.2 Å². The third kappa shape index (κ3) is 7.39. The Balaban J connectivity index is 0. The molecule has 11 heavy (non-hydrogen) atoms. The van der Waals surface area contributed by atoms with Crippen LogP contribution in [0, 0.1) is 11.3 Å². The first-order valence-corrected chi connectivity index (χ1v) is 3.06. The maximum Gasteiger partial charge on any atom is 0.188 e. The molecule has 0 fully saturated rings. The summed E-state index contributed by atoms with van der Waals surface area (Å²) in [6, 6.07) is 2.10. The number of nitrogens with zero attached hydrogens (tertiary/aromatic N) is 2. The van der Waals surface area contributed by atoms with E-state index < -0.39 is 0 Å². The average molecular weight is 268 g/mol. The lowest BCUT2D eigenvalue weighted by Crippen LogP contribution is -2.37. The zero-order valence-corrected chi connectivity index (χ0v) is 8.99. The summed E-state index contributed by atoms with van der Waals surface area (Å²) in [7, 11) is 1.60. The molecule has 64 valence electrons. The number of guanidine groups is 1. The molecule has 5 heteroatoms. The van der Waals surface area contributed by atoms with Gasteiger partial charge in [0.05, 0.1) is 12.5 Å². The van der Waals surface area contributed by atoms with E-state index >= 15 is 0 Å². The minimum Gasteiger partial charge on any atom is -0.370 e. The third-order valence-corrected chi connectivity index (χ3v) is 1.03. The monoisotopic (exact) mass is 268 g/mol. The SMILES string of the molecule is CN=C(N)NC(C)CC#N.I. The van der Waals surface area contributed by atoms with Gasteiger partial charge in [0, 0.05) is 13.1 Å². The molecule has 0 bridgehead atoms. The summed E-state index contributed by atoms with van der Waals surface area (Å²) in [5.74, 6) is 0.378. The summed E-state index contributed by atoms with van der Waals surface area (Å²) < 4.78 is 0. The fourth-order valence-electron chi connectivity index (χ4n) is 0.505. The Bertz CT molecular complexity index is 160. The predicted octanol–water partition coefficient (Wildman–Crippen LogP) is 0.441. The van der Waals surface area contributed by atoms with Gasteiger partial charge in [0.25, 0.3) is 0 Å². The molecule has 0 amide bonds. The first-order chi connectivity index (χ1) is 4.70. The van der Waals surface area contributed by atoms with Crippen LogP contribution in [0.2, 0.25) is 0 Å². The fourth-order valence-corrected chi connectivity index (χ4v) is 0.505. The molecule has 0 aromatic heterocycles. The van der Waals surface area contributed by atoms with E-state index in [1.54, 1.807) is 7.05 Å². The minimum absolute atomic E-state index is 0. The van der Waals surface area contributed by atoms with Gasteiger partial charge in [-0.05, 0) is 6.92 Å². The van der Waals surface area contributed by atoms with Gasteiger partial charge in [0.2, 0.25) is 0 Å². The van der Waals surface area contributed by atoms with E-state index in [-0.39, 0.29) is 30.0 Å². The van der Waals surface area contributed by atoms with Crippen molar-refractivity contribution in [3.63, 3.8) is 0 Å². The first-order valence-electron chi connectivity index (χ1n) is 3.06. The van der Waals surface area contributed by atoms with Crippen LogP contribution in [0.1, 0.15) is 13.3 Å². The Morgan fingerprint density at radius 2 is 2.36 bits per heavy atom. The van der Waals surface area contributed by atoms with E-state index in [0.29, 0.717) is 12.4 Å². The quantitative estimate of drug-likeness (QED) is 0.433. The maximum absolute atomic E-state index is 8.25. The second kappa shape index (κ2) is 7.60. The molecule has 0 saturated heterocycles. The Kier molecular flexibility index (Phi) is 9.05. The van der Waals surface area contributed by atoms with Crippen LogP contribution in [0.5, 0.6) is 0 Å². The van der Waals surface area contributed by atoms with Crippen molar-refractivity contribution in [2.75, 3.05) is 7.05 Å². The second-order valence-electron chi connectivity index (χ2n) is 2.02. The van der Waals surface area contributed by atoms with E-state index in [1.165, 1.54) is 0 Å². The number of hydrogen-bond donors (Lipinski definition) is 2. The van der Waals surface area contributed by atoms with Crippen molar-refractivity contribution in [3.05, 3.63) is 0 Å². The largest absolute Gasteiger partial charge is 0.370 e. The molecular formula is C6H13IN4. The maximum atomic E-state index is 8.25. The van der Waals surface area contributed by atoms with Crippen LogP contribution >= 0.6 is 24.0 Å². The molecule has 0 rings (SSSR count). The number of nitrogens with one attached hydrogen (secondary N) is 1. The lowest BCUT2D eigenvalue weighted by Gasteiger charge is -2.08. The molecule has 3 N–H and O–H groups in total. The molecule has 0 saturated carbocycles. The second-order valence-corrected chi connectivity index (χ2v) is 2.02. The van der Waals surface area contributed by atoms with Crippen LogP contribution in [0.4, 0.5) is 0 Å². The van der Waals surface area contributed by atoms with Crippen molar-refractivity contribution in [1.29, 1.82) is 5.26 Å². The molecule has 0 aromatic rings. The third-order valence-electron chi connectivity index (χ3n) is 1.03. The van der Waals surface area contributed by atoms with Crippen molar-refractivity contribution >= 4 is 29.9 Å². The Hall–Kier alpha value is -0.510. The van der Waals surface area contributed by atoms with E-state index in [9.17, 15) is 0 Å². The summed E-state index contributed by atoms with van der Waals surface area (Å²) in [5, 5.41) is 11.1. The van der Waals surface area contributed by atoms with Crippen LogP contribution in [0.15, 0.2) is 4.99 Å². The summed E-state index contributed by atoms with van der Waals surface area (Å²) >= 11 is 0. The Morgan fingerprint density at radius 3 is 2.73 bits per heavy atom. The van der Waals surface area contributed by atoms with Crippen LogP contribution in [0.3, 0.4) is 0 Å². The van der Waals surface area contributed by atoms with Crippen LogP contribution in [0.25, 0.3) is 0 Å². The molecule has 1 atom stereocenters. The van der Waals surface area contributed by atoms with Gasteiger partial charge in [-0.25, -0.2) is 0 Å². The van der Waals surface area contributed by atoms with Crippen molar-refractivity contribution in [3.8, 4) is 6.07 Å². The summed E-state index contributed by atoms with van der Waals surface area (Å²) in [5.41, 5.74) is 5.33. The van der Waals surface area contributed by atoms with Gasteiger partial charge in [0.15, 0.2) is 5.96 Å². The van der Waals surface area contributed by atoms with Crippen molar-refractivity contribution < 1.29 is 0 Å². The number of hydrogen-bond acceptors (Lipinski definition) is 2. The number of halogens is 1. The van der Waals surface area contributed by atoms with E-state index in [4.69, 9.17) is 11.0 Å². The lowest BCUT2D eigenvalue weighted by molar-refractivity contribution is 0.676. The number of nitriles is 1. The smallest absolute Gasteiger partial charge is 0.188 e. The highest BCUT2D eigenvalue weighted by molar-refractivity contribution is 14.0. The van der Waals surface area contributed by atoms with Gasteiger partial charge in [-0.3, -0.25) is 4.99 Å². The molecule has 0 aliphatic carbocycles. The zero-order valence-electron chi connectivity index (χ0n) is 6.66. The molecule has 0 aliphatic rings. The van der Waals surface area contributed by atoms with Gasteiger partial charge in [-0.15, -0.1) is 24.0 Å². The summed E-state index contributed by atoms with van der Waals surface area (Å²) in [6.45, 7) is 1.88. The highest BCUT2D eigenvalue weighted by Gasteiger charge is 1.99. The molecule has 0 heterocycles. The van der Waals surface area contributed by atoms with Gasteiger partial charge in [0.1, 0.15) is 0 Å². The Morgan fingerprint density at radius 1 is 1.82 bits per heavy atom. The Labute approximate surface area is 83.9 Å². The highest BCUT2D eigenvalue weighted by atomic mass is 127. The number of rotatable bonds is 2. The van der Waals surface area contributed by atoms with Crippen molar-refractivity contribution in [2.45, 2.75) is 19.4 Å². The zero-order chi connectivity index (χ0) is 7.98. The summed E-state index contributed by atoms with van der Waals surface area (Å²) in [4.78, 5) is 3.68. The van der Waals surface area contributed by atoms with Crippen molar-refractivity contribution in [2.24, 2.45) is 10.7 Å². The minimum atomic E-state index is 0. The molecule has 0 spiro atoms. The van der Waals surface area contributed by atoms with Crippen molar-refractivity contribution in [1.82, 2.24) is 5.32 Å². The first kappa shape index (κ1) is 13.1. The molecule has 0 radical (unpaired) electrons. The van der Waals surface area contributed by atoms with Gasteiger partial charge in [-0.2, -0.15) is 5.26 Å². The van der Waals surface area contributed by atoms with E-state index in [0.717, 1.165) is 0 Å². The number of aliphatic imine (C=N–C) groups is 1. The molecule has 0 aliphatic heterocycles. The van der Waals surface area contributed by atoms with E-state index in [2.05, 4.69) is 10.3 Å². The lowest BCUT2D eigenvalue weighted by atomic mass is 10.3. The molecular weight excluding hydrogens is 255 g/mol. The summed E-state index contributed by atoms with van der Waals surface area (Å²) in [6.07, 6.45) is 0.441. The van der Waals surface area contributed by atoms with Gasteiger partial charge >= 0.3 is 0 Å². The standard InChI is InChI=1S/C6H12N4.HI/c1-5(3-4-7)10-6(8)9-2;/h5H,3H2,1-2H3,(H3,8,9,10);1H. The average Bonchev–Trinajstić information content (AvgIpc) is 1.88. The molecule has 1 unspecified atom stereocenters. The van der Waals surface area contributed by atoms with Crippen LogP contribution in [-0.2, 0) is 0 Å².